The van der Waals surface area contributed by atoms with Gasteiger partial charge in [-0.25, -0.2) is 13.5 Å². The first-order valence-corrected chi connectivity index (χ1v) is 8.80. The van der Waals surface area contributed by atoms with E-state index in [0.29, 0.717) is 16.9 Å². The van der Waals surface area contributed by atoms with Gasteiger partial charge in [0, 0.05) is 5.38 Å². The first-order chi connectivity index (χ1) is 11.7. The maximum atomic E-state index is 13.3. The van der Waals surface area contributed by atoms with Crippen LogP contribution < -0.4 is 4.80 Å². The Balaban J connectivity index is 2.04. The van der Waals surface area contributed by atoms with Gasteiger partial charge in [-0.15, -0.1) is 29.3 Å². The van der Waals surface area contributed by atoms with Crippen LogP contribution in [-0.2, 0) is 0 Å². The number of hydrogen-bond acceptors (Lipinski definition) is 4. The maximum Gasteiger partial charge on any atom is 0.206 e. The third kappa shape index (κ3) is 3.58. The smallest absolute Gasteiger partial charge is 0.206 e. The van der Waals surface area contributed by atoms with E-state index in [1.54, 1.807) is 22.1 Å². The molecule has 24 heavy (non-hydrogen) atoms. The lowest BCUT2D eigenvalue weighted by Crippen LogP contribution is -2.12. The molecule has 7 heteroatoms. The first kappa shape index (κ1) is 16.5. The van der Waals surface area contributed by atoms with Crippen LogP contribution in [0.1, 0.15) is 5.56 Å². The predicted molar refractivity (Wildman–Crippen MR) is 95.6 cm³/mol. The van der Waals surface area contributed by atoms with Crippen LogP contribution in [0.3, 0.4) is 0 Å². The highest BCUT2D eigenvalue weighted by atomic mass is 32.1. The minimum atomic E-state index is -0.899. The van der Waals surface area contributed by atoms with Crippen molar-refractivity contribution >= 4 is 28.9 Å². The van der Waals surface area contributed by atoms with E-state index in [2.05, 4.69) is 16.7 Å². The summed E-state index contributed by atoms with van der Waals surface area (Å²) in [7, 11) is 0. The van der Waals surface area contributed by atoms with Crippen molar-refractivity contribution in [3.05, 3.63) is 75.7 Å². The van der Waals surface area contributed by atoms with Gasteiger partial charge < -0.3 is 0 Å². The molecule has 0 aliphatic heterocycles. The fourth-order valence-electron chi connectivity index (χ4n) is 1.97. The standard InChI is InChI=1S/C17H13F2N3S2/c1-2-7-20-17-22(15(11-24-17)16-4-3-8-23-16)21-10-12-5-6-13(18)14(19)9-12/h2-6,8-11H,1,7H2. The number of benzene rings is 1. The van der Waals surface area contributed by atoms with Gasteiger partial charge in [-0.2, -0.15) is 5.10 Å². The summed E-state index contributed by atoms with van der Waals surface area (Å²) in [5, 5.41) is 8.36. The van der Waals surface area contributed by atoms with Crippen molar-refractivity contribution in [2.24, 2.45) is 10.1 Å². The Hall–Kier alpha value is -2.38. The monoisotopic (exact) mass is 361 g/mol. The highest BCUT2D eigenvalue weighted by Crippen LogP contribution is 2.25. The lowest BCUT2D eigenvalue weighted by Gasteiger charge is -2.01. The molecule has 3 rings (SSSR count). The zero-order valence-electron chi connectivity index (χ0n) is 12.5. The van der Waals surface area contributed by atoms with E-state index in [1.165, 1.54) is 23.6 Å². The maximum absolute atomic E-state index is 13.3. The van der Waals surface area contributed by atoms with E-state index in [9.17, 15) is 8.78 Å². The van der Waals surface area contributed by atoms with Crippen molar-refractivity contribution in [2.45, 2.75) is 0 Å². The van der Waals surface area contributed by atoms with Crippen molar-refractivity contribution in [2.75, 3.05) is 6.54 Å². The van der Waals surface area contributed by atoms with Gasteiger partial charge in [0.25, 0.3) is 0 Å². The van der Waals surface area contributed by atoms with Gasteiger partial charge in [0.2, 0.25) is 4.80 Å². The molecular formula is C17H13F2N3S2. The molecule has 1 aromatic carbocycles. The second-order valence-corrected chi connectivity index (χ2v) is 6.52. The molecule has 0 bridgehead atoms. The minimum Gasteiger partial charge on any atom is -0.253 e. The predicted octanol–water partition coefficient (Wildman–Crippen LogP) is 4.53. The van der Waals surface area contributed by atoms with Crippen LogP contribution in [0.15, 0.2) is 63.8 Å². The lowest BCUT2D eigenvalue weighted by molar-refractivity contribution is 0.508. The van der Waals surface area contributed by atoms with Gasteiger partial charge in [-0.05, 0) is 29.1 Å². The third-order valence-electron chi connectivity index (χ3n) is 3.08. The molecule has 3 nitrogen and oxygen atoms in total. The van der Waals surface area contributed by atoms with Crippen molar-refractivity contribution in [3.63, 3.8) is 0 Å². The molecular weight excluding hydrogens is 348 g/mol. The molecule has 0 unspecified atom stereocenters. The third-order valence-corrected chi connectivity index (χ3v) is 4.83. The Morgan fingerprint density at radius 2 is 2.04 bits per heavy atom. The van der Waals surface area contributed by atoms with Crippen LogP contribution in [0.4, 0.5) is 8.78 Å². The van der Waals surface area contributed by atoms with E-state index in [0.717, 1.165) is 22.7 Å². The van der Waals surface area contributed by atoms with E-state index in [1.807, 2.05) is 22.9 Å². The molecule has 0 aliphatic rings. The van der Waals surface area contributed by atoms with Crippen LogP contribution in [0.25, 0.3) is 10.6 Å². The Labute approximate surface area is 145 Å². The molecule has 0 N–H and O–H groups in total. The van der Waals surface area contributed by atoms with Crippen LogP contribution in [0.5, 0.6) is 0 Å². The van der Waals surface area contributed by atoms with Crippen LogP contribution >= 0.6 is 22.7 Å². The number of aromatic nitrogens is 1. The summed E-state index contributed by atoms with van der Waals surface area (Å²) in [6.45, 7) is 4.14. The second kappa shape index (κ2) is 7.46. The zero-order valence-corrected chi connectivity index (χ0v) is 14.2. The first-order valence-electron chi connectivity index (χ1n) is 7.04. The fraction of sp³-hybridized carbons (Fsp3) is 0.0588. The van der Waals surface area contributed by atoms with Gasteiger partial charge in [-0.1, -0.05) is 18.2 Å². The highest BCUT2D eigenvalue weighted by molar-refractivity contribution is 7.14. The van der Waals surface area contributed by atoms with Gasteiger partial charge in [0.05, 0.1) is 23.3 Å². The van der Waals surface area contributed by atoms with Gasteiger partial charge >= 0.3 is 0 Å². The van der Waals surface area contributed by atoms with Crippen molar-refractivity contribution < 1.29 is 8.78 Å². The quantitative estimate of drug-likeness (QED) is 0.472. The van der Waals surface area contributed by atoms with E-state index < -0.39 is 11.6 Å². The normalized spacial score (nSPS) is 12.2. The summed E-state index contributed by atoms with van der Waals surface area (Å²) in [4.78, 5) is 6.17. The summed E-state index contributed by atoms with van der Waals surface area (Å²) >= 11 is 3.06. The number of hydrogen-bond donors (Lipinski definition) is 0. The lowest BCUT2D eigenvalue weighted by atomic mass is 10.2. The largest absolute Gasteiger partial charge is 0.253 e. The highest BCUT2D eigenvalue weighted by Gasteiger charge is 2.08. The molecule has 2 aromatic heterocycles. The van der Waals surface area contributed by atoms with Gasteiger partial charge in [-0.3, -0.25) is 4.99 Å². The topological polar surface area (TPSA) is 29.6 Å². The number of halogens is 2. The van der Waals surface area contributed by atoms with E-state index in [-0.39, 0.29) is 0 Å². The Kier molecular flexibility index (Phi) is 5.12. The van der Waals surface area contributed by atoms with Crippen molar-refractivity contribution in [1.29, 1.82) is 0 Å². The summed E-state index contributed by atoms with van der Waals surface area (Å²) in [6, 6.07) is 7.62. The second-order valence-electron chi connectivity index (χ2n) is 4.74. The van der Waals surface area contributed by atoms with Gasteiger partial charge in [0.1, 0.15) is 0 Å². The summed E-state index contributed by atoms with van der Waals surface area (Å²) in [5.74, 6) is -1.78. The number of rotatable bonds is 5. The Morgan fingerprint density at radius 1 is 1.17 bits per heavy atom. The number of nitrogens with zero attached hydrogens (tertiary/aromatic N) is 3. The average Bonchev–Trinajstić information content (AvgIpc) is 3.23. The average molecular weight is 361 g/mol. The molecule has 0 saturated carbocycles. The molecule has 0 fully saturated rings. The molecule has 0 radical (unpaired) electrons. The van der Waals surface area contributed by atoms with Crippen molar-refractivity contribution in [1.82, 2.24) is 4.68 Å². The van der Waals surface area contributed by atoms with Crippen LogP contribution in [0, 0.1) is 11.6 Å². The Morgan fingerprint density at radius 3 is 2.75 bits per heavy atom. The molecule has 3 aromatic rings. The van der Waals surface area contributed by atoms with Gasteiger partial charge in [0.15, 0.2) is 11.6 Å². The summed E-state index contributed by atoms with van der Waals surface area (Å²) in [5.41, 5.74) is 1.37. The summed E-state index contributed by atoms with van der Waals surface area (Å²) in [6.07, 6.45) is 3.19. The molecule has 0 amide bonds. The molecule has 0 saturated heterocycles. The zero-order chi connectivity index (χ0) is 16.9. The van der Waals surface area contributed by atoms with E-state index in [4.69, 9.17) is 0 Å². The summed E-state index contributed by atoms with van der Waals surface area (Å²) < 4.78 is 28.0. The molecule has 0 atom stereocenters. The number of thiazole rings is 1. The van der Waals surface area contributed by atoms with Crippen LogP contribution in [-0.4, -0.2) is 17.4 Å². The molecule has 122 valence electrons. The SMILES string of the molecule is C=CCN=c1scc(-c2cccs2)n1N=Cc1ccc(F)c(F)c1. The Bertz CT molecular complexity index is 937. The van der Waals surface area contributed by atoms with E-state index >= 15 is 0 Å². The van der Waals surface area contributed by atoms with Crippen LogP contribution in [0.2, 0.25) is 0 Å². The van der Waals surface area contributed by atoms with Crippen molar-refractivity contribution in [3.8, 4) is 10.6 Å². The minimum absolute atomic E-state index is 0.472. The molecule has 0 aliphatic carbocycles. The number of thiophene rings is 1. The molecule has 2 heterocycles. The fourth-order valence-corrected chi connectivity index (χ4v) is 3.61. The molecule has 0 spiro atoms.